The van der Waals surface area contributed by atoms with E-state index in [1.54, 1.807) is 19.9 Å². The summed E-state index contributed by atoms with van der Waals surface area (Å²) in [4.78, 5) is 12.4. The molecule has 0 aliphatic heterocycles. The second kappa shape index (κ2) is 7.80. The van der Waals surface area contributed by atoms with Crippen molar-refractivity contribution in [1.82, 2.24) is 4.72 Å². The van der Waals surface area contributed by atoms with Crippen LogP contribution in [0, 0.1) is 20.8 Å². The molecule has 0 aromatic heterocycles. The van der Waals surface area contributed by atoms with Crippen molar-refractivity contribution in [2.24, 2.45) is 0 Å². The molecule has 0 heterocycles. The summed E-state index contributed by atoms with van der Waals surface area (Å²) in [5.74, 6) is -0.396. The summed E-state index contributed by atoms with van der Waals surface area (Å²) in [6.45, 7) is 7.12. The minimum Gasteiger partial charge on any atom is -0.325 e. The van der Waals surface area contributed by atoms with Crippen molar-refractivity contribution in [3.05, 3.63) is 58.7 Å². The van der Waals surface area contributed by atoms with Gasteiger partial charge < -0.3 is 5.32 Å². The van der Waals surface area contributed by atoms with Gasteiger partial charge in [-0.2, -0.15) is 0 Å². The molecule has 2 aromatic carbocycles. The van der Waals surface area contributed by atoms with Crippen molar-refractivity contribution in [1.29, 1.82) is 0 Å². The third-order valence-corrected chi connectivity index (χ3v) is 5.67. The van der Waals surface area contributed by atoms with Gasteiger partial charge in [-0.1, -0.05) is 42.8 Å². The number of carbonyl (C=O) groups excluding carboxylic acids is 1. The zero-order valence-corrected chi connectivity index (χ0v) is 15.8. The highest BCUT2D eigenvalue weighted by molar-refractivity contribution is 7.89. The second-order valence-corrected chi connectivity index (χ2v) is 7.82. The molecule has 0 atom stereocenters. The van der Waals surface area contributed by atoms with Crippen molar-refractivity contribution < 1.29 is 13.2 Å². The molecule has 2 aromatic rings. The highest BCUT2D eigenvalue weighted by Gasteiger charge is 2.20. The van der Waals surface area contributed by atoms with E-state index >= 15 is 0 Å². The predicted molar refractivity (Wildman–Crippen MR) is 100 cm³/mol. The van der Waals surface area contributed by atoms with Crippen LogP contribution in [0.25, 0.3) is 0 Å². The molecule has 25 heavy (non-hydrogen) atoms. The summed E-state index contributed by atoms with van der Waals surface area (Å²) in [5.41, 5.74) is 4.05. The van der Waals surface area contributed by atoms with Crippen LogP contribution in [0.15, 0.2) is 41.3 Å². The van der Waals surface area contributed by atoms with E-state index in [0.717, 1.165) is 17.5 Å². The van der Waals surface area contributed by atoms with Crippen LogP contribution in [0.2, 0.25) is 0 Å². The number of aryl methyl sites for hydroxylation is 4. The van der Waals surface area contributed by atoms with E-state index in [4.69, 9.17) is 0 Å². The maximum atomic E-state index is 12.6. The predicted octanol–water partition coefficient (Wildman–Crippen LogP) is 3.09. The van der Waals surface area contributed by atoms with Crippen LogP contribution in [0.4, 0.5) is 5.69 Å². The van der Waals surface area contributed by atoms with Crippen LogP contribution in [-0.4, -0.2) is 20.9 Å². The van der Waals surface area contributed by atoms with Gasteiger partial charge in [0, 0.05) is 5.69 Å². The van der Waals surface area contributed by atoms with Crippen LogP contribution < -0.4 is 10.0 Å². The summed E-state index contributed by atoms with van der Waals surface area (Å²) >= 11 is 0. The Morgan fingerprint density at radius 2 is 1.64 bits per heavy atom. The highest BCUT2D eigenvalue weighted by atomic mass is 32.2. The number of amides is 1. The molecule has 0 radical (unpaired) electrons. The molecule has 0 aliphatic rings. The smallest absolute Gasteiger partial charge is 0.241 e. The number of carbonyl (C=O) groups is 1. The Hall–Kier alpha value is -2.18. The topological polar surface area (TPSA) is 75.3 Å². The largest absolute Gasteiger partial charge is 0.325 e. The summed E-state index contributed by atoms with van der Waals surface area (Å²) in [6, 6.07) is 11.1. The van der Waals surface area contributed by atoms with Crippen molar-refractivity contribution in [3.8, 4) is 0 Å². The first-order chi connectivity index (χ1) is 11.7. The number of sulfonamides is 1. The van der Waals surface area contributed by atoms with Gasteiger partial charge in [0.15, 0.2) is 0 Å². The Bertz CT molecular complexity index is 866. The number of para-hydroxylation sites is 1. The van der Waals surface area contributed by atoms with Gasteiger partial charge in [-0.05, 0) is 49.9 Å². The van der Waals surface area contributed by atoms with Gasteiger partial charge in [0.1, 0.15) is 0 Å². The molecule has 6 heteroatoms. The van der Waals surface area contributed by atoms with Gasteiger partial charge in [-0.15, -0.1) is 0 Å². The second-order valence-electron chi connectivity index (χ2n) is 6.11. The zero-order valence-electron chi connectivity index (χ0n) is 15.0. The highest BCUT2D eigenvalue weighted by Crippen LogP contribution is 2.21. The first kappa shape index (κ1) is 19.1. The van der Waals surface area contributed by atoms with Crippen molar-refractivity contribution in [3.63, 3.8) is 0 Å². The fraction of sp³-hybridized carbons (Fsp3) is 0.316. The van der Waals surface area contributed by atoms with Crippen LogP contribution in [0.5, 0.6) is 0 Å². The molecule has 0 aliphatic carbocycles. The lowest BCUT2D eigenvalue weighted by Gasteiger charge is -2.14. The molecule has 2 rings (SSSR count). The SMILES string of the molecule is CCc1ccccc1NC(=O)CNS(=O)(=O)c1c(C)cc(C)cc1C. The third kappa shape index (κ3) is 4.67. The molecule has 0 saturated carbocycles. The maximum absolute atomic E-state index is 12.6. The van der Waals surface area contributed by atoms with E-state index in [0.29, 0.717) is 16.8 Å². The Labute approximate surface area is 149 Å². The number of hydrogen-bond donors (Lipinski definition) is 2. The normalized spacial score (nSPS) is 11.4. The van der Waals surface area contributed by atoms with Crippen molar-refractivity contribution in [2.75, 3.05) is 11.9 Å². The minimum atomic E-state index is -3.75. The fourth-order valence-electron chi connectivity index (χ4n) is 2.97. The fourth-order valence-corrected chi connectivity index (χ4v) is 4.40. The number of rotatable bonds is 6. The first-order valence-corrected chi connectivity index (χ1v) is 9.68. The summed E-state index contributed by atoms with van der Waals surface area (Å²) in [6.07, 6.45) is 0.782. The van der Waals surface area contributed by atoms with E-state index in [1.807, 2.05) is 44.2 Å². The lowest BCUT2D eigenvalue weighted by atomic mass is 10.1. The molecular weight excluding hydrogens is 336 g/mol. The van der Waals surface area contributed by atoms with Crippen LogP contribution in [0.1, 0.15) is 29.2 Å². The van der Waals surface area contributed by atoms with Gasteiger partial charge in [-0.25, -0.2) is 13.1 Å². The van der Waals surface area contributed by atoms with Gasteiger partial charge in [0.05, 0.1) is 11.4 Å². The Kier molecular flexibility index (Phi) is 5.98. The van der Waals surface area contributed by atoms with Crippen LogP contribution in [-0.2, 0) is 21.2 Å². The van der Waals surface area contributed by atoms with E-state index < -0.39 is 15.9 Å². The first-order valence-electron chi connectivity index (χ1n) is 8.20. The molecule has 134 valence electrons. The molecule has 0 bridgehead atoms. The monoisotopic (exact) mass is 360 g/mol. The quantitative estimate of drug-likeness (QED) is 0.831. The molecule has 1 amide bonds. The Balaban J connectivity index is 2.11. The van der Waals surface area contributed by atoms with Crippen molar-refractivity contribution in [2.45, 2.75) is 39.0 Å². The van der Waals surface area contributed by atoms with Gasteiger partial charge in [0.2, 0.25) is 15.9 Å². The number of hydrogen-bond acceptors (Lipinski definition) is 3. The molecule has 0 saturated heterocycles. The standard InChI is InChI=1S/C19H24N2O3S/c1-5-16-8-6-7-9-17(16)21-18(22)12-20-25(23,24)19-14(3)10-13(2)11-15(19)4/h6-11,20H,5,12H2,1-4H3,(H,21,22). The lowest BCUT2D eigenvalue weighted by molar-refractivity contribution is -0.115. The number of benzene rings is 2. The van der Waals surface area contributed by atoms with Gasteiger partial charge in [-0.3, -0.25) is 4.79 Å². The zero-order chi connectivity index (χ0) is 18.6. The van der Waals surface area contributed by atoms with Crippen LogP contribution in [0.3, 0.4) is 0 Å². The molecule has 0 fully saturated rings. The average molecular weight is 360 g/mol. The van der Waals surface area contributed by atoms with Gasteiger partial charge in [0.25, 0.3) is 0 Å². The Morgan fingerprint density at radius 3 is 2.24 bits per heavy atom. The number of nitrogens with one attached hydrogen (secondary N) is 2. The molecule has 5 nitrogen and oxygen atoms in total. The summed E-state index contributed by atoms with van der Waals surface area (Å²) in [5, 5.41) is 2.76. The van der Waals surface area contributed by atoms with E-state index in [2.05, 4.69) is 10.0 Å². The minimum absolute atomic E-state index is 0.236. The van der Waals surface area contributed by atoms with Crippen LogP contribution >= 0.6 is 0 Å². The van der Waals surface area contributed by atoms with Crippen molar-refractivity contribution >= 4 is 21.6 Å². The maximum Gasteiger partial charge on any atom is 0.241 e. The summed E-state index contributed by atoms with van der Waals surface area (Å²) in [7, 11) is -3.75. The molecule has 0 spiro atoms. The molecule has 0 unspecified atom stereocenters. The van der Waals surface area contributed by atoms with Gasteiger partial charge >= 0.3 is 0 Å². The molecule has 2 N–H and O–H groups in total. The summed E-state index contributed by atoms with van der Waals surface area (Å²) < 4.78 is 27.5. The van der Waals surface area contributed by atoms with E-state index in [9.17, 15) is 13.2 Å². The number of anilines is 1. The third-order valence-electron chi connectivity index (χ3n) is 3.97. The molecular formula is C19H24N2O3S. The Morgan fingerprint density at radius 1 is 1.04 bits per heavy atom. The van der Waals surface area contributed by atoms with E-state index in [1.165, 1.54) is 0 Å². The lowest BCUT2D eigenvalue weighted by Crippen LogP contribution is -2.33. The van der Waals surface area contributed by atoms with E-state index in [-0.39, 0.29) is 11.4 Å². The average Bonchev–Trinajstić information content (AvgIpc) is 2.52.